The van der Waals surface area contributed by atoms with Gasteiger partial charge >= 0.3 is 0 Å². The zero-order chi connectivity index (χ0) is 16.3. The van der Waals surface area contributed by atoms with Gasteiger partial charge < -0.3 is 10.1 Å². The summed E-state index contributed by atoms with van der Waals surface area (Å²) in [6, 6.07) is 7.34. The first-order chi connectivity index (χ1) is 10.3. The lowest BCUT2D eigenvalue weighted by Crippen LogP contribution is -2.33. The molecule has 1 amide bonds. The van der Waals surface area contributed by atoms with Gasteiger partial charge in [0.15, 0.2) is 9.84 Å². The van der Waals surface area contributed by atoms with E-state index in [-0.39, 0.29) is 29.6 Å². The van der Waals surface area contributed by atoms with Crippen LogP contribution in [0.15, 0.2) is 24.3 Å². The molecule has 1 heterocycles. The van der Waals surface area contributed by atoms with Crippen LogP contribution in [0.3, 0.4) is 0 Å². The number of hydrogen-bond donors (Lipinski definition) is 1. The third kappa shape index (κ3) is 4.22. The number of rotatable bonds is 5. The molecule has 1 aromatic carbocycles. The first kappa shape index (κ1) is 16.8. The molecule has 1 aromatic rings. The van der Waals surface area contributed by atoms with E-state index in [1.54, 1.807) is 0 Å². The average molecular weight is 325 g/mol. The van der Waals surface area contributed by atoms with E-state index in [0.717, 1.165) is 11.3 Å². The minimum absolute atomic E-state index is 0.0454. The molecular formula is C16H23NO4S. The molecule has 5 nitrogen and oxygen atoms in total. The van der Waals surface area contributed by atoms with Crippen molar-refractivity contribution in [2.24, 2.45) is 5.92 Å². The van der Waals surface area contributed by atoms with Crippen LogP contribution < -0.4 is 10.1 Å². The van der Waals surface area contributed by atoms with Crippen molar-refractivity contribution in [1.82, 2.24) is 5.32 Å². The molecule has 1 fully saturated rings. The third-order valence-corrected chi connectivity index (χ3v) is 5.48. The summed E-state index contributed by atoms with van der Waals surface area (Å²) in [5, 5.41) is 2.91. The van der Waals surface area contributed by atoms with Crippen molar-refractivity contribution in [2.45, 2.75) is 39.3 Å². The van der Waals surface area contributed by atoms with Crippen LogP contribution in [0.1, 0.15) is 38.8 Å². The molecule has 1 saturated heterocycles. The van der Waals surface area contributed by atoms with Gasteiger partial charge in [0, 0.05) is 5.56 Å². The van der Waals surface area contributed by atoms with E-state index in [4.69, 9.17) is 4.74 Å². The normalized spacial score (nSPS) is 21.5. The number of ether oxygens (including phenoxy) is 1. The molecule has 122 valence electrons. The predicted molar refractivity (Wildman–Crippen MR) is 85.5 cm³/mol. The Balaban J connectivity index is 2.06. The molecular weight excluding hydrogens is 302 g/mol. The van der Waals surface area contributed by atoms with Gasteiger partial charge in [0.05, 0.1) is 29.6 Å². The van der Waals surface area contributed by atoms with Gasteiger partial charge in [-0.25, -0.2) is 8.42 Å². The van der Waals surface area contributed by atoms with Gasteiger partial charge in [-0.1, -0.05) is 18.2 Å². The molecule has 2 atom stereocenters. The third-order valence-electron chi connectivity index (χ3n) is 3.71. The van der Waals surface area contributed by atoms with Crippen LogP contribution in [0.2, 0.25) is 0 Å². The Labute approximate surface area is 132 Å². The molecule has 0 radical (unpaired) electrons. The van der Waals surface area contributed by atoms with Crippen molar-refractivity contribution in [2.75, 3.05) is 11.5 Å². The highest BCUT2D eigenvalue weighted by molar-refractivity contribution is 7.91. The Morgan fingerprint density at radius 3 is 2.55 bits per heavy atom. The fraction of sp³-hybridized carbons (Fsp3) is 0.562. The summed E-state index contributed by atoms with van der Waals surface area (Å²) in [4.78, 5) is 12.2. The fourth-order valence-corrected chi connectivity index (χ4v) is 4.35. The Hall–Kier alpha value is -1.56. The second-order valence-electron chi connectivity index (χ2n) is 6.03. The summed E-state index contributed by atoms with van der Waals surface area (Å²) in [5.74, 6) is 0.158. The lowest BCUT2D eigenvalue weighted by Gasteiger charge is -2.21. The van der Waals surface area contributed by atoms with E-state index in [0.29, 0.717) is 6.42 Å². The molecule has 0 aliphatic carbocycles. The molecule has 22 heavy (non-hydrogen) atoms. The fourth-order valence-electron chi connectivity index (χ4n) is 2.61. The predicted octanol–water partition coefficient (Wildman–Crippen LogP) is 2.09. The lowest BCUT2D eigenvalue weighted by molar-refractivity contribution is -0.124. The van der Waals surface area contributed by atoms with E-state index in [1.807, 2.05) is 45.0 Å². The summed E-state index contributed by atoms with van der Waals surface area (Å²) in [5.41, 5.74) is 0.894. The molecule has 0 spiro atoms. The van der Waals surface area contributed by atoms with Crippen LogP contribution in [-0.2, 0) is 14.6 Å². The van der Waals surface area contributed by atoms with E-state index in [2.05, 4.69) is 5.32 Å². The minimum atomic E-state index is -3.05. The molecule has 0 aromatic heterocycles. The van der Waals surface area contributed by atoms with E-state index < -0.39 is 15.8 Å². The van der Waals surface area contributed by atoms with Gasteiger partial charge in [-0.2, -0.15) is 0 Å². The van der Waals surface area contributed by atoms with E-state index in [9.17, 15) is 13.2 Å². The second-order valence-corrected chi connectivity index (χ2v) is 8.26. The summed E-state index contributed by atoms with van der Waals surface area (Å²) in [6.07, 6.45) is 0.453. The Morgan fingerprint density at radius 1 is 1.27 bits per heavy atom. The Morgan fingerprint density at radius 2 is 1.95 bits per heavy atom. The van der Waals surface area contributed by atoms with Crippen LogP contribution in [-0.4, -0.2) is 31.9 Å². The molecule has 0 bridgehead atoms. The van der Waals surface area contributed by atoms with Gasteiger partial charge in [-0.15, -0.1) is 0 Å². The van der Waals surface area contributed by atoms with Crippen molar-refractivity contribution in [3.8, 4) is 5.75 Å². The highest BCUT2D eigenvalue weighted by Gasteiger charge is 2.33. The van der Waals surface area contributed by atoms with Crippen LogP contribution >= 0.6 is 0 Å². The average Bonchev–Trinajstić information content (AvgIpc) is 2.79. The molecule has 1 aliphatic heterocycles. The number of para-hydroxylation sites is 1. The number of benzene rings is 1. The highest BCUT2D eigenvalue weighted by Crippen LogP contribution is 2.27. The number of sulfone groups is 1. The van der Waals surface area contributed by atoms with Crippen molar-refractivity contribution in [3.63, 3.8) is 0 Å². The first-order valence-electron chi connectivity index (χ1n) is 7.55. The van der Waals surface area contributed by atoms with E-state index in [1.165, 1.54) is 0 Å². The standard InChI is InChI=1S/C16H23NO4S/c1-11(2)21-15-7-5-4-6-14(15)12(3)17-16(18)13-8-9-22(19,20)10-13/h4-7,11-13H,8-10H2,1-3H3,(H,17,18)/t12-,13+/m1/s1. The zero-order valence-corrected chi connectivity index (χ0v) is 14.0. The number of carbonyl (C=O) groups is 1. The number of carbonyl (C=O) groups excluding carboxylic acids is 1. The molecule has 1 N–H and O–H groups in total. The maximum Gasteiger partial charge on any atom is 0.224 e. The molecule has 0 saturated carbocycles. The number of nitrogens with one attached hydrogen (secondary N) is 1. The van der Waals surface area contributed by atoms with Crippen molar-refractivity contribution in [3.05, 3.63) is 29.8 Å². The van der Waals surface area contributed by atoms with E-state index >= 15 is 0 Å². The summed E-state index contributed by atoms with van der Waals surface area (Å²) in [6.45, 7) is 5.77. The number of hydrogen-bond acceptors (Lipinski definition) is 4. The maximum absolute atomic E-state index is 12.2. The Kier molecular flexibility index (Phi) is 5.11. The second kappa shape index (κ2) is 6.69. The molecule has 2 rings (SSSR count). The van der Waals surface area contributed by atoms with Gasteiger partial charge in [-0.05, 0) is 33.3 Å². The van der Waals surface area contributed by atoms with Gasteiger partial charge in [0.25, 0.3) is 0 Å². The van der Waals surface area contributed by atoms with Crippen LogP contribution in [0.25, 0.3) is 0 Å². The van der Waals surface area contributed by atoms with Crippen LogP contribution in [0, 0.1) is 5.92 Å². The Bertz CT molecular complexity index is 639. The molecule has 1 aliphatic rings. The van der Waals surface area contributed by atoms with Crippen LogP contribution in [0.4, 0.5) is 0 Å². The maximum atomic E-state index is 12.2. The zero-order valence-electron chi connectivity index (χ0n) is 13.2. The smallest absolute Gasteiger partial charge is 0.224 e. The summed E-state index contributed by atoms with van der Waals surface area (Å²) in [7, 11) is -3.05. The highest BCUT2D eigenvalue weighted by atomic mass is 32.2. The van der Waals surface area contributed by atoms with Crippen molar-refractivity contribution in [1.29, 1.82) is 0 Å². The van der Waals surface area contributed by atoms with Crippen LogP contribution in [0.5, 0.6) is 5.75 Å². The molecule has 6 heteroatoms. The number of amides is 1. The summed E-state index contributed by atoms with van der Waals surface area (Å²) < 4.78 is 28.7. The first-order valence-corrected chi connectivity index (χ1v) is 9.37. The van der Waals surface area contributed by atoms with Crippen molar-refractivity contribution < 1.29 is 17.9 Å². The quantitative estimate of drug-likeness (QED) is 0.900. The lowest BCUT2D eigenvalue weighted by atomic mass is 10.0. The largest absolute Gasteiger partial charge is 0.491 e. The summed E-state index contributed by atoms with van der Waals surface area (Å²) >= 11 is 0. The topological polar surface area (TPSA) is 72.5 Å². The monoisotopic (exact) mass is 325 g/mol. The van der Waals surface area contributed by atoms with Gasteiger partial charge in [0.2, 0.25) is 5.91 Å². The minimum Gasteiger partial charge on any atom is -0.491 e. The van der Waals surface area contributed by atoms with Gasteiger partial charge in [0.1, 0.15) is 5.75 Å². The van der Waals surface area contributed by atoms with Gasteiger partial charge in [-0.3, -0.25) is 4.79 Å². The molecule has 0 unspecified atom stereocenters. The van der Waals surface area contributed by atoms with Crippen molar-refractivity contribution >= 4 is 15.7 Å². The SMILES string of the molecule is CC(C)Oc1ccccc1[C@@H](C)NC(=O)[C@H]1CCS(=O)(=O)C1.